The zero-order valence-electron chi connectivity index (χ0n) is 9.21. The predicted octanol–water partition coefficient (Wildman–Crippen LogP) is 1.88. The molecule has 0 aliphatic rings. The Morgan fingerprint density at radius 1 is 1.47 bits per heavy atom. The summed E-state index contributed by atoms with van der Waals surface area (Å²) >= 11 is 0. The molecule has 0 bridgehead atoms. The van der Waals surface area contributed by atoms with Gasteiger partial charge in [-0.2, -0.15) is 0 Å². The third-order valence-corrected chi connectivity index (χ3v) is 2.14. The van der Waals surface area contributed by atoms with Crippen LogP contribution < -0.4 is 0 Å². The number of hydrogen-bond donors (Lipinski definition) is 2. The lowest BCUT2D eigenvalue weighted by atomic mass is 10.2. The fourth-order valence-electron chi connectivity index (χ4n) is 1.44. The predicted molar refractivity (Wildman–Crippen MR) is 63.2 cm³/mol. The number of aromatic amines is 1. The van der Waals surface area contributed by atoms with Gasteiger partial charge in [-0.15, -0.1) is 0 Å². The maximum atomic E-state index is 10.4. The number of carboxylic acids is 1. The Hall–Kier alpha value is -2.43. The Balaban J connectivity index is 2.39. The van der Waals surface area contributed by atoms with Crippen LogP contribution in [0.2, 0.25) is 0 Å². The molecule has 0 saturated carbocycles. The minimum absolute atomic E-state index is 0.392. The first kappa shape index (κ1) is 11.1. The van der Waals surface area contributed by atoms with Gasteiger partial charge in [-0.25, -0.2) is 14.8 Å². The van der Waals surface area contributed by atoms with Gasteiger partial charge in [0, 0.05) is 29.7 Å². The van der Waals surface area contributed by atoms with Gasteiger partial charge in [-0.1, -0.05) is 0 Å². The summed E-state index contributed by atoms with van der Waals surface area (Å²) in [7, 11) is 0. The van der Waals surface area contributed by atoms with Crippen LogP contribution in [0.1, 0.15) is 11.5 Å². The quantitative estimate of drug-likeness (QED) is 0.787. The third kappa shape index (κ3) is 2.78. The van der Waals surface area contributed by atoms with E-state index in [-0.39, 0.29) is 0 Å². The Morgan fingerprint density at radius 3 is 2.94 bits per heavy atom. The summed E-state index contributed by atoms with van der Waals surface area (Å²) in [5.41, 5.74) is 2.51. The lowest BCUT2D eigenvalue weighted by Gasteiger charge is -2.01. The Morgan fingerprint density at radius 2 is 2.29 bits per heavy atom. The summed E-state index contributed by atoms with van der Waals surface area (Å²) in [6, 6.07) is 3.74. The largest absolute Gasteiger partial charge is 0.478 e. The molecule has 0 saturated heterocycles. The molecule has 0 aromatic carbocycles. The summed E-state index contributed by atoms with van der Waals surface area (Å²) in [6.07, 6.45) is 6.03. The van der Waals surface area contributed by atoms with E-state index in [1.165, 1.54) is 6.08 Å². The smallest absolute Gasteiger partial charge is 0.328 e. The summed E-state index contributed by atoms with van der Waals surface area (Å²) in [4.78, 5) is 21.8. The van der Waals surface area contributed by atoms with Gasteiger partial charge in [0.25, 0.3) is 0 Å². The van der Waals surface area contributed by atoms with Crippen molar-refractivity contribution in [3.8, 4) is 11.3 Å². The molecule has 0 aliphatic heterocycles. The van der Waals surface area contributed by atoms with Crippen molar-refractivity contribution in [1.29, 1.82) is 0 Å². The number of rotatable bonds is 3. The fourth-order valence-corrected chi connectivity index (χ4v) is 1.44. The van der Waals surface area contributed by atoms with Gasteiger partial charge in [0.15, 0.2) is 5.82 Å². The molecule has 5 nitrogen and oxygen atoms in total. The van der Waals surface area contributed by atoms with Crippen molar-refractivity contribution in [2.24, 2.45) is 0 Å². The van der Waals surface area contributed by atoms with Crippen LogP contribution in [-0.2, 0) is 4.79 Å². The number of aromatic nitrogens is 3. The highest BCUT2D eigenvalue weighted by atomic mass is 16.4. The number of carboxylic acid groups (broad SMARTS) is 1. The highest BCUT2D eigenvalue weighted by Gasteiger charge is 2.03. The molecule has 86 valence electrons. The highest BCUT2D eigenvalue weighted by molar-refractivity contribution is 5.84. The summed E-state index contributed by atoms with van der Waals surface area (Å²) in [5.74, 6) is -0.623. The Bertz CT molecular complexity index is 559. The molecule has 0 aliphatic carbocycles. The molecular weight excluding hydrogens is 218 g/mol. The van der Waals surface area contributed by atoms with Gasteiger partial charge in [-0.05, 0) is 25.1 Å². The molecule has 0 spiro atoms. The topological polar surface area (TPSA) is 78.9 Å². The van der Waals surface area contributed by atoms with Crippen molar-refractivity contribution < 1.29 is 9.90 Å². The van der Waals surface area contributed by atoms with E-state index in [1.54, 1.807) is 6.20 Å². The molecule has 2 aromatic rings. The van der Waals surface area contributed by atoms with Crippen LogP contribution in [-0.4, -0.2) is 26.0 Å². The van der Waals surface area contributed by atoms with E-state index in [9.17, 15) is 4.79 Å². The summed E-state index contributed by atoms with van der Waals surface area (Å²) in [6.45, 7) is 1.84. The van der Waals surface area contributed by atoms with Gasteiger partial charge < -0.3 is 10.1 Å². The molecule has 2 heterocycles. The lowest BCUT2D eigenvalue weighted by molar-refractivity contribution is -0.131. The molecule has 0 unspecified atom stereocenters. The minimum Gasteiger partial charge on any atom is -0.478 e. The SMILES string of the molecule is Cc1cc(-c2cc[nH]c2)nc(/C=C/C(=O)O)n1. The van der Waals surface area contributed by atoms with Gasteiger partial charge in [0.1, 0.15) is 0 Å². The van der Waals surface area contributed by atoms with E-state index < -0.39 is 5.97 Å². The van der Waals surface area contributed by atoms with Crippen LogP contribution in [0.15, 0.2) is 30.6 Å². The van der Waals surface area contributed by atoms with Crippen LogP contribution in [0.4, 0.5) is 0 Å². The maximum absolute atomic E-state index is 10.4. The number of aliphatic carboxylic acids is 1. The lowest BCUT2D eigenvalue weighted by Crippen LogP contribution is -1.95. The number of nitrogens with zero attached hydrogens (tertiary/aromatic N) is 2. The maximum Gasteiger partial charge on any atom is 0.328 e. The molecule has 5 heteroatoms. The Labute approximate surface area is 97.9 Å². The van der Waals surface area contributed by atoms with E-state index in [1.807, 2.05) is 25.3 Å². The molecule has 0 radical (unpaired) electrons. The molecule has 0 amide bonds. The van der Waals surface area contributed by atoms with Crippen molar-refractivity contribution in [2.75, 3.05) is 0 Å². The second kappa shape index (κ2) is 4.61. The summed E-state index contributed by atoms with van der Waals surface area (Å²) < 4.78 is 0. The van der Waals surface area contributed by atoms with Crippen LogP contribution in [0.5, 0.6) is 0 Å². The number of carbonyl (C=O) groups is 1. The zero-order chi connectivity index (χ0) is 12.3. The van der Waals surface area contributed by atoms with E-state index >= 15 is 0 Å². The first-order valence-corrected chi connectivity index (χ1v) is 5.05. The van der Waals surface area contributed by atoms with Crippen LogP contribution in [0, 0.1) is 6.92 Å². The first-order chi connectivity index (χ1) is 8.15. The number of aryl methyl sites for hydroxylation is 1. The highest BCUT2D eigenvalue weighted by Crippen LogP contribution is 2.17. The normalized spacial score (nSPS) is 10.9. The minimum atomic E-state index is -1.02. The Kier molecular flexibility index (Phi) is 3.00. The zero-order valence-corrected chi connectivity index (χ0v) is 9.21. The standard InChI is InChI=1S/C12H11N3O2/c1-8-6-10(9-4-5-13-7-9)15-11(14-8)2-3-12(16)17/h2-7,13H,1H3,(H,16,17)/b3-2+. The molecule has 2 N–H and O–H groups in total. The van der Waals surface area contributed by atoms with Crippen LogP contribution in [0.3, 0.4) is 0 Å². The summed E-state index contributed by atoms with van der Waals surface area (Å²) in [5, 5.41) is 8.55. The van der Waals surface area contributed by atoms with E-state index in [4.69, 9.17) is 5.11 Å². The molecule has 2 aromatic heterocycles. The van der Waals surface area contributed by atoms with Gasteiger partial charge in [0.05, 0.1) is 5.69 Å². The van der Waals surface area contributed by atoms with Crippen molar-refractivity contribution in [3.63, 3.8) is 0 Å². The van der Waals surface area contributed by atoms with E-state index in [0.29, 0.717) is 5.82 Å². The molecular formula is C12H11N3O2. The second-order valence-electron chi connectivity index (χ2n) is 3.52. The van der Waals surface area contributed by atoms with Gasteiger partial charge >= 0.3 is 5.97 Å². The average Bonchev–Trinajstić information content (AvgIpc) is 2.79. The van der Waals surface area contributed by atoms with Crippen LogP contribution in [0.25, 0.3) is 17.3 Å². The first-order valence-electron chi connectivity index (χ1n) is 5.05. The average molecular weight is 229 g/mol. The molecule has 0 atom stereocenters. The molecule has 17 heavy (non-hydrogen) atoms. The van der Waals surface area contributed by atoms with E-state index in [0.717, 1.165) is 23.0 Å². The number of nitrogens with one attached hydrogen (secondary N) is 1. The van der Waals surface area contributed by atoms with E-state index in [2.05, 4.69) is 15.0 Å². The molecule has 0 fully saturated rings. The van der Waals surface area contributed by atoms with Gasteiger partial charge in [-0.3, -0.25) is 0 Å². The van der Waals surface area contributed by atoms with Crippen molar-refractivity contribution in [1.82, 2.24) is 15.0 Å². The third-order valence-electron chi connectivity index (χ3n) is 2.14. The van der Waals surface area contributed by atoms with Crippen molar-refractivity contribution in [2.45, 2.75) is 6.92 Å². The fraction of sp³-hybridized carbons (Fsp3) is 0.0833. The molecule has 2 rings (SSSR count). The van der Waals surface area contributed by atoms with Crippen LogP contribution >= 0.6 is 0 Å². The van der Waals surface area contributed by atoms with Crippen molar-refractivity contribution in [3.05, 3.63) is 42.1 Å². The monoisotopic (exact) mass is 229 g/mol. The van der Waals surface area contributed by atoms with Crippen molar-refractivity contribution >= 4 is 12.0 Å². The second-order valence-corrected chi connectivity index (χ2v) is 3.52. The van der Waals surface area contributed by atoms with Gasteiger partial charge in [0.2, 0.25) is 0 Å². The number of hydrogen-bond acceptors (Lipinski definition) is 3. The number of H-pyrrole nitrogens is 1.